The maximum atomic E-state index is 4.29. The first kappa shape index (κ1) is 9.63. The molecule has 0 aromatic carbocycles. The van der Waals surface area contributed by atoms with Crippen LogP contribution in [0, 0.1) is 6.92 Å². The van der Waals surface area contributed by atoms with Gasteiger partial charge in [-0.05, 0) is 30.7 Å². The Hall–Kier alpha value is -0.920. The molecule has 1 saturated carbocycles. The van der Waals surface area contributed by atoms with E-state index in [0.717, 1.165) is 5.82 Å². The fraction of sp³-hybridized carbons (Fsp3) is 0.667. The number of aromatic nitrogens is 2. The van der Waals surface area contributed by atoms with E-state index in [0.29, 0.717) is 5.41 Å². The van der Waals surface area contributed by atoms with Gasteiger partial charge >= 0.3 is 0 Å². The van der Waals surface area contributed by atoms with E-state index in [4.69, 9.17) is 0 Å². The summed E-state index contributed by atoms with van der Waals surface area (Å²) in [5.41, 5.74) is 1.66. The van der Waals surface area contributed by atoms with Crippen LogP contribution in [0.3, 0.4) is 0 Å². The van der Waals surface area contributed by atoms with Crippen LogP contribution in [0.2, 0.25) is 0 Å². The Labute approximate surface area is 85.8 Å². The van der Waals surface area contributed by atoms with Crippen LogP contribution in [0.1, 0.15) is 50.4 Å². The third-order valence-corrected chi connectivity index (χ3v) is 3.43. The lowest BCUT2D eigenvalue weighted by Gasteiger charge is -2.33. The summed E-state index contributed by atoms with van der Waals surface area (Å²) < 4.78 is 0. The Morgan fingerprint density at radius 3 is 2.21 bits per heavy atom. The zero-order valence-corrected chi connectivity index (χ0v) is 9.08. The lowest BCUT2D eigenvalue weighted by molar-refractivity contribution is 0.318. The molecule has 0 saturated heterocycles. The van der Waals surface area contributed by atoms with E-state index in [9.17, 15) is 0 Å². The molecule has 0 bridgehead atoms. The van der Waals surface area contributed by atoms with Gasteiger partial charge in [-0.2, -0.15) is 0 Å². The van der Waals surface area contributed by atoms with Gasteiger partial charge in [0.1, 0.15) is 5.82 Å². The van der Waals surface area contributed by atoms with Crippen LogP contribution in [0.15, 0.2) is 12.4 Å². The van der Waals surface area contributed by atoms with E-state index in [-0.39, 0.29) is 0 Å². The van der Waals surface area contributed by atoms with Crippen molar-refractivity contribution in [3.05, 3.63) is 23.8 Å². The summed E-state index contributed by atoms with van der Waals surface area (Å²) in [4.78, 5) is 8.58. The molecule has 0 N–H and O–H groups in total. The van der Waals surface area contributed by atoms with Gasteiger partial charge in [-0.15, -0.1) is 0 Å². The maximum absolute atomic E-state index is 4.29. The van der Waals surface area contributed by atoms with Crippen molar-refractivity contribution >= 4 is 0 Å². The smallest absolute Gasteiger partial charge is 0.125 e. The lowest BCUT2D eigenvalue weighted by atomic mass is 9.72. The number of hydrogen-bond donors (Lipinski definition) is 0. The van der Waals surface area contributed by atoms with E-state index < -0.39 is 0 Å². The quantitative estimate of drug-likeness (QED) is 0.680. The molecule has 1 fully saturated rings. The zero-order chi connectivity index (χ0) is 10.0. The van der Waals surface area contributed by atoms with Gasteiger partial charge in [-0.3, -0.25) is 0 Å². The van der Waals surface area contributed by atoms with E-state index >= 15 is 0 Å². The molecule has 2 rings (SSSR count). The average Bonchev–Trinajstić information content (AvgIpc) is 2.19. The molecule has 1 aliphatic carbocycles. The Morgan fingerprint density at radius 1 is 1.07 bits per heavy atom. The fourth-order valence-corrected chi connectivity index (χ4v) is 2.33. The molecule has 1 aromatic heterocycles. The number of nitrogens with zero attached hydrogens (tertiary/aromatic N) is 2. The number of hydrogen-bond acceptors (Lipinski definition) is 2. The molecule has 0 atom stereocenters. The highest BCUT2D eigenvalue weighted by molar-refractivity contribution is 5.18. The van der Waals surface area contributed by atoms with Gasteiger partial charge in [0.05, 0.1) is 0 Å². The van der Waals surface area contributed by atoms with E-state index in [1.54, 1.807) is 0 Å². The minimum absolute atomic E-state index is 0.339. The van der Waals surface area contributed by atoms with Crippen LogP contribution in [0.25, 0.3) is 0 Å². The molecule has 0 unspecified atom stereocenters. The van der Waals surface area contributed by atoms with E-state index in [1.165, 1.54) is 37.7 Å². The molecular formula is C12H18N2. The highest BCUT2D eigenvalue weighted by Gasteiger charge is 2.29. The third kappa shape index (κ3) is 1.79. The van der Waals surface area contributed by atoms with Crippen LogP contribution < -0.4 is 0 Å². The summed E-state index contributed by atoms with van der Waals surface area (Å²) in [5.74, 6) is 0.869. The number of rotatable bonds is 1. The van der Waals surface area contributed by atoms with Crippen molar-refractivity contribution in [3.63, 3.8) is 0 Å². The maximum Gasteiger partial charge on any atom is 0.125 e. The molecule has 0 aliphatic heterocycles. The number of aryl methyl sites for hydroxylation is 1. The van der Waals surface area contributed by atoms with Crippen LogP contribution >= 0.6 is 0 Å². The summed E-state index contributed by atoms with van der Waals surface area (Å²) >= 11 is 0. The highest BCUT2D eigenvalue weighted by Crippen LogP contribution is 2.38. The normalized spacial score (nSPS) is 20.7. The summed E-state index contributed by atoms with van der Waals surface area (Å²) in [6.07, 6.45) is 10.7. The first-order chi connectivity index (χ1) is 6.71. The van der Waals surface area contributed by atoms with Crippen LogP contribution in [0.4, 0.5) is 0 Å². The minimum atomic E-state index is 0.339. The van der Waals surface area contributed by atoms with Crippen molar-refractivity contribution in [2.45, 2.75) is 51.4 Å². The van der Waals surface area contributed by atoms with Crippen molar-refractivity contribution in [2.75, 3.05) is 0 Å². The molecule has 2 heteroatoms. The molecule has 1 aromatic rings. The van der Waals surface area contributed by atoms with Gasteiger partial charge in [0.2, 0.25) is 0 Å². The average molecular weight is 190 g/mol. The van der Waals surface area contributed by atoms with Crippen molar-refractivity contribution in [1.82, 2.24) is 9.97 Å². The summed E-state index contributed by atoms with van der Waals surface area (Å²) in [5, 5.41) is 0. The molecule has 0 spiro atoms. The molecular weight excluding hydrogens is 172 g/mol. The molecule has 1 aliphatic rings. The first-order valence-electron chi connectivity index (χ1n) is 5.50. The van der Waals surface area contributed by atoms with Gasteiger partial charge in [0.15, 0.2) is 0 Å². The zero-order valence-electron chi connectivity index (χ0n) is 9.08. The van der Waals surface area contributed by atoms with E-state index in [1.807, 2.05) is 19.3 Å². The van der Waals surface area contributed by atoms with Crippen LogP contribution in [-0.4, -0.2) is 9.97 Å². The van der Waals surface area contributed by atoms with Crippen molar-refractivity contribution in [2.24, 2.45) is 0 Å². The topological polar surface area (TPSA) is 25.8 Å². The second kappa shape index (κ2) is 3.68. The molecule has 0 amide bonds. The van der Waals surface area contributed by atoms with Crippen LogP contribution in [-0.2, 0) is 5.41 Å². The SMILES string of the molecule is Cc1ncc(C2(C)CCCCC2)cn1. The van der Waals surface area contributed by atoms with Crippen LogP contribution in [0.5, 0.6) is 0 Å². The lowest BCUT2D eigenvalue weighted by Crippen LogP contribution is -2.25. The second-order valence-electron chi connectivity index (χ2n) is 4.64. The fourth-order valence-electron chi connectivity index (χ4n) is 2.33. The van der Waals surface area contributed by atoms with Crippen molar-refractivity contribution < 1.29 is 0 Å². The largest absolute Gasteiger partial charge is 0.241 e. The van der Waals surface area contributed by atoms with Crippen molar-refractivity contribution in [1.29, 1.82) is 0 Å². The summed E-state index contributed by atoms with van der Waals surface area (Å²) in [7, 11) is 0. The van der Waals surface area contributed by atoms with Gasteiger partial charge in [-0.1, -0.05) is 26.2 Å². The Morgan fingerprint density at radius 2 is 1.64 bits per heavy atom. The van der Waals surface area contributed by atoms with Gasteiger partial charge in [0, 0.05) is 12.4 Å². The standard InChI is InChI=1S/C12H18N2/c1-10-13-8-11(9-14-10)12(2)6-4-3-5-7-12/h8-9H,3-7H2,1-2H3. The minimum Gasteiger partial charge on any atom is -0.241 e. The summed E-state index contributed by atoms with van der Waals surface area (Å²) in [6.45, 7) is 4.28. The Kier molecular flexibility index (Phi) is 2.53. The van der Waals surface area contributed by atoms with E-state index in [2.05, 4.69) is 16.9 Å². The predicted octanol–water partition coefficient (Wildman–Crippen LogP) is 3.01. The highest BCUT2D eigenvalue weighted by atomic mass is 14.8. The Bertz CT molecular complexity index is 297. The molecule has 14 heavy (non-hydrogen) atoms. The molecule has 0 radical (unpaired) electrons. The third-order valence-electron chi connectivity index (χ3n) is 3.43. The van der Waals surface area contributed by atoms with Gasteiger partial charge in [-0.25, -0.2) is 9.97 Å². The first-order valence-corrected chi connectivity index (χ1v) is 5.50. The Balaban J connectivity index is 2.23. The van der Waals surface area contributed by atoms with Crippen molar-refractivity contribution in [3.8, 4) is 0 Å². The van der Waals surface area contributed by atoms with Gasteiger partial charge < -0.3 is 0 Å². The van der Waals surface area contributed by atoms with Gasteiger partial charge in [0.25, 0.3) is 0 Å². The molecule has 1 heterocycles. The predicted molar refractivity (Wildman–Crippen MR) is 57.2 cm³/mol. The molecule has 76 valence electrons. The summed E-state index contributed by atoms with van der Waals surface area (Å²) in [6, 6.07) is 0. The monoisotopic (exact) mass is 190 g/mol. The molecule has 2 nitrogen and oxygen atoms in total. The second-order valence-corrected chi connectivity index (χ2v) is 4.64.